The largest absolute Gasteiger partial charge is 0.493 e. The summed E-state index contributed by atoms with van der Waals surface area (Å²) in [5, 5.41) is 3.28. The maximum Gasteiger partial charge on any atom is 0.183 e. The van der Waals surface area contributed by atoms with Gasteiger partial charge in [0.25, 0.3) is 0 Å². The number of methoxy groups -OCH3 is 2. The minimum atomic E-state index is 0.570. The Morgan fingerprint density at radius 2 is 2.05 bits per heavy atom. The van der Waals surface area contributed by atoms with Gasteiger partial charge in [0.05, 0.1) is 26.5 Å². The molecule has 0 aliphatic heterocycles. The SMILES string of the molecule is COc1ccnc(CNCCOCC(C)C)c1OC. The molecule has 1 aromatic rings. The Morgan fingerprint density at radius 1 is 1.26 bits per heavy atom. The molecule has 1 rings (SSSR count). The van der Waals surface area contributed by atoms with Crippen molar-refractivity contribution in [3.05, 3.63) is 18.0 Å². The third-order valence-corrected chi connectivity index (χ3v) is 2.53. The molecule has 0 atom stereocenters. The van der Waals surface area contributed by atoms with Crippen molar-refractivity contribution in [3.63, 3.8) is 0 Å². The Labute approximate surface area is 115 Å². The number of hydrogen-bond acceptors (Lipinski definition) is 5. The molecule has 5 heteroatoms. The van der Waals surface area contributed by atoms with Crippen LogP contribution in [0, 0.1) is 5.92 Å². The second-order valence-electron chi connectivity index (χ2n) is 4.64. The fraction of sp³-hybridized carbons (Fsp3) is 0.643. The molecule has 108 valence electrons. The summed E-state index contributed by atoms with van der Waals surface area (Å²) in [6.45, 7) is 7.18. The lowest BCUT2D eigenvalue weighted by Gasteiger charge is -2.12. The molecule has 0 saturated carbocycles. The highest BCUT2D eigenvalue weighted by atomic mass is 16.5. The number of rotatable bonds is 9. The number of nitrogens with one attached hydrogen (secondary N) is 1. The van der Waals surface area contributed by atoms with Crippen molar-refractivity contribution in [2.24, 2.45) is 5.92 Å². The Morgan fingerprint density at radius 3 is 2.68 bits per heavy atom. The van der Waals surface area contributed by atoms with Crippen molar-refractivity contribution >= 4 is 0 Å². The van der Waals surface area contributed by atoms with Crippen LogP contribution in [0.3, 0.4) is 0 Å². The monoisotopic (exact) mass is 268 g/mol. The second kappa shape index (κ2) is 8.72. The van der Waals surface area contributed by atoms with Gasteiger partial charge in [0.2, 0.25) is 0 Å². The van der Waals surface area contributed by atoms with E-state index in [9.17, 15) is 0 Å². The average Bonchev–Trinajstić information content (AvgIpc) is 2.41. The van der Waals surface area contributed by atoms with Gasteiger partial charge in [-0.15, -0.1) is 0 Å². The highest BCUT2D eigenvalue weighted by molar-refractivity contribution is 5.42. The van der Waals surface area contributed by atoms with E-state index in [1.54, 1.807) is 26.5 Å². The zero-order valence-corrected chi connectivity index (χ0v) is 12.2. The van der Waals surface area contributed by atoms with E-state index in [0.717, 1.165) is 18.8 Å². The van der Waals surface area contributed by atoms with Crippen LogP contribution in [0.25, 0.3) is 0 Å². The lowest BCUT2D eigenvalue weighted by atomic mass is 10.2. The number of aromatic nitrogens is 1. The lowest BCUT2D eigenvalue weighted by Crippen LogP contribution is -2.21. The molecular formula is C14H24N2O3. The molecule has 0 radical (unpaired) electrons. The summed E-state index contributed by atoms with van der Waals surface area (Å²) in [5.41, 5.74) is 0.839. The summed E-state index contributed by atoms with van der Waals surface area (Å²) in [5.74, 6) is 1.95. The van der Waals surface area contributed by atoms with Crippen LogP contribution in [-0.2, 0) is 11.3 Å². The van der Waals surface area contributed by atoms with Crippen molar-refractivity contribution in [2.75, 3.05) is 34.0 Å². The molecule has 1 N–H and O–H groups in total. The van der Waals surface area contributed by atoms with Crippen LogP contribution in [0.2, 0.25) is 0 Å². The molecule has 5 nitrogen and oxygen atoms in total. The molecule has 0 aliphatic carbocycles. The first-order valence-corrected chi connectivity index (χ1v) is 6.53. The van der Waals surface area contributed by atoms with Crippen molar-refractivity contribution in [3.8, 4) is 11.5 Å². The van der Waals surface area contributed by atoms with Gasteiger partial charge in [0, 0.05) is 32.0 Å². The number of ether oxygens (including phenoxy) is 3. The average molecular weight is 268 g/mol. The molecule has 0 bridgehead atoms. The molecule has 0 fully saturated rings. The number of nitrogens with zero attached hydrogens (tertiary/aromatic N) is 1. The van der Waals surface area contributed by atoms with Gasteiger partial charge >= 0.3 is 0 Å². The Balaban J connectivity index is 2.37. The van der Waals surface area contributed by atoms with Crippen molar-refractivity contribution in [1.29, 1.82) is 0 Å². The number of hydrogen-bond donors (Lipinski definition) is 1. The summed E-state index contributed by atoms with van der Waals surface area (Å²) < 4.78 is 16.0. The second-order valence-corrected chi connectivity index (χ2v) is 4.64. The predicted molar refractivity (Wildman–Crippen MR) is 74.7 cm³/mol. The fourth-order valence-electron chi connectivity index (χ4n) is 1.65. The Hall–Kier alpha value is -1.33. The summed E-state index contributed by atoms with van der Waals surface area (Å²) >= 11 is 0. The molecule has 0 amide bonds. The predicted octanol–water partition coefficient (Wildman–Crippen LogP) is 1.86. The van der Waals surface area contributed by atoms with Crippen LogP contribution in [0.15, 0.2) is 12.3 Å². The van der Waals surface area contributed by atoms with Crippen LogP contribution in [0.1, 0.15) is 19.5 Å². The third-order valence-electron chi connectivity index (χ3n) is 2.53. The summed E-state index contributed by atoms with van der Waals surface area (Å²) in [6, 6.07) is 1.79. The summed E-state index contributed by atoms with van der Waals surface area (Å²) in [4.78, 5) is 4.30. The van der Waals surface area contributed by atoms with E-state index in [2.05, 4.69) is 24.1 Å². The highest BCUT2D eigenvalue weighted by Crippen LogP contribution is 2.28. The molecule has 1 heterocycles. The van der Waals surface area contributed by atoms with Crippen molar-refractivity contribution in [2.45, 2.75) is 20.4 Å². The van der Waals surface area contributed by atoms with Gasteiger partial charge in [-0.2, -0.15) is 0 Å². The third kappa shape index (κ3) is 5.44. The minimum Gasteiger partial charge on any atom is -0.493 e. The molecule has 0 spiro atoms. The first kappa shape index (κ1) is 15.7. The molecule has 19 heavy (non-hydrogen) atoms. The maximum absolute atomic E-state index is 5.50. The molecule has 0 aliphatic rings. The smallest absolute Gasteiger partial charge is 0.183 e. The zero-order chi connectivity index (χ0) is 14.1. The Kier molecular flexibility index (Phi) is 7.22. The summed E-state index contributed by atoms with van der Waals surface area (Å²) in [7, 11) is 3.24. The normalized spacial score (nSPS) is 10.8. The topological polar surface area (TPSA) is 52.6 Å². The van der Waals surface area contributed by atoms with Crippen molar-refractivity contribution in [1.82, 2.24) is 10.3 Å². The maximum atomic E-state index is 5.50. The van der Waals surface area contributed by atoms with E-state index < -0.39 is 0 Å². The highest BCUT2D eigenvalue weighted by Gasteiger charge is 2.10. The quantitative estimate of drug-likeness (QED) is 0.693. The standard InChI is InChI=1S/C14H24N2O3/c1-11(2)10-19-8-7-15-9-12-14(18-4)13(17-3)5-6-16-12/h5-6,11,15H,7-10H2,1-4H3. The van der Waals surface area contributed by atoms with Gasteiger partial charge in [0.15, 0.2) is 11.5 Å². The fourth-order valence-corrected chi connectivity index (χ4v) is 1.65. The molecule has 1 aromatic heterocycles. The first-order valence-electron chi connectivity index (χ1n) is 6.53. The first-order chi connectivity index (χ1) is 9.19. The molecule has 0 unspecified atom stereocenters. The molecule has 0 aromatic carbocycles. The van der Waals surface area contributed by atoms with Gasteiger partial charge in [-0.05, 0) is 5.92 Å². The summed E-state index contributed by atoms with van der Waals surface area (Å²) in [6.07, 6.45) is 1.72. The zero-order valence-electron chi connectivity index (χ0n) is 12.2. The van der Waals surface area contributed by atoms with Gasteiger partial charge in [0.1, 0.15) is 0 Å². The van der Waals surface area contributed by atoms with Crippen LogP contribution in [0.4, 0.5) is 0 Å². The van der Waals surface area contributed by atoms with Crippen LogP contribution in [-0.4, -0.2) is 39.0 Å². The van der Waals surface area contributed by atoms with Gasteiger partial charge < -0.3 is 19.5 Å². The lowest BCUT2D eigenvalue weighted by molar-refractivity contribution is 0.111. The van der Waals surface area contributed by atoms with Crippen LogP contribution < -0.4 is 14.8 Å². The molecule has 0 saturated heterocycles. The van der Waals surface area contributed by atoms with Crippen LogP contribution >= 0.6 is 0 Å². The Bertz CT molecular complexity index is 370. The van der Waals surface area contributed by atoms with E-state index >= 15 is 0 Å². The van der Waals surface area contributed by atoms with Gasteiger partial charge in [-0.3, -0.25) is 4.98 Å². The molecular weight excluding hydrogens is 244 g/mol. The van der Waals surface area contributed by atoms with Gasteiger partial charge in [-0.1, -0.05) is 13.8 Å². The number of pyridine rings is 1. The van der Waals surface area contributed by atoms with Crippen molar-refractivity contribution < 1.29 is 14.2 Å². The minimum absolute atomic E-state index is 0.570. The van der Waals surface area contributed by atoms with E-state index in [1.165, 1.54) is 0 Å². The van der Waals surface area contributed by atoms with E-state index in [0.29, 0.717) is 30.6 Å². The van der Waals surface area contributed by atoms with Crippen LogP contribution in [0.5, 0.6) is 11.5 Å². The van der Waals surface area contributed by atoms with Gasteiger partial charge in [-0.25, -0.2) is 0 Å². The van der Waals surface area contributed by atoms with E-state index in [1.807, 2.05) is 0 Å². The van der Waals surface area contributed by atoms with E-state index in [4.69, 9.17) is 14.2 Å². The van der Waals surface area contributed by atoms with E-state index in [-0.39, 0.29) is 0 Å².